The second-order valence-electron chi connectivity index (χ2n) is 11.2. The summed E-state index contributed by atoms with van der Waals surface area (Å²) in [5.74, 6) is -4.96. The normalized spacial score (nSPS) is 15.6. The van der Waals surface area contributed by atoms with Crippen LogP contribution in [-0.2, 0) is 14.6 Å². The molecule has 1 N–H and O–H groups in total. The molecule has 1 saturated heterocycles. The molecule has 236 valence electrons. The van der Waals surface area contributed by atoms with Crippen LogP contribution in [0.2, 0.25) is 0 Å². The number of hydrogen-bond acceptors (Lipinski definition) is 8. The Labute approximate surface area is 257 Å². The van der Waals surface area contributed by atoms with Crippen LogP contribution < -0.4 is 10.6 Å². The van der Waals surface area contributed by atoms with Crippen molar-refractivity contribution in [2.45, 2.75) is 37.6 Å². The van der Waals surface area contributed by atoms with E-state index in [1.165, 1.54) is 23.1 Å². The molecular weight excluding hydrogens is 611 g/mol. The van der Waals surface area contributed by atoms with E-state index in [0.717, 1.165) is 29.0 Å². The van der Waals surface area contributed by atoms with Crippen LogP contribution in [0.4, 0.5) is 19.0 Å². The lowest BCUT2D eigenvalue weighted by Gasteiger charge is -2.40. The van der Waals surface area contributed by atoms with Crippen LogP contribution >= 0.6 is 0 Å². The minimum Gasteiger partial charge on any atom is -0.507 e. The molecule has 1 aliphatic rings. The number of pyridine rings is 1. The van der Waals surface area contributed by atoms with Gasteiger partial charge in [-0.2, -0.15) is 4.98 Å². The van der Waals surface area contributed by atoms with Gasteiger partial charge in [-0.25, -0.2) is 35.9 Å². The minimum atomic E-state index is -3.94. The van der Waals surface area contributed by atoms with Crippen molar-refractivity contribution < 1.29 is 31.5 Å². The molecule has 1 atom stereocenters. The number of hydrogen-bond donors (Lipinski definition) is 1. The van der Waals surface area contributed by atoms with E-state index in [4.69, 9.17) is 0 Å². The third-order valence-corrected chi connectivity index (χ3v) is 8.85. The van der Waals surface area contributed by atoms with Gasteiger partial charge in [0.05, 0.1) is 21.5 Å². The van der Waals surface area contributed by atoms with Gasteiger partial charge in [0.15, 0.2) is 27.1 Å². The quantitative estimate of drug-likeness (QED) is 0.306. The van der Waals surface area contributed by atoms with Crippen LogP contribution in [0.1, 0.15) is 32.3 Å². The fraction of sp³-hybridized carbons (Fsp3) is 0.290. The number of fused-ring (bicyclic) bond motifs is 1. The zero-order valence-electron chi connectivity index (χ0n) is 24.9. The van der Waals surface area contributed by atoms with Crippen molar-refractivity contribution in [3.05, 3.63) is 82.6 Å². The Morgan fingerprint density at radius 2 is 1.78 bits per heavy atom. The number of aromatic hydroxyl groups is 1. The van der Waals surface area contributed by atoms with Crippen molar-refractivity contribution in [3.63, 3.8) is 0 Å². The monoisotopic (exact) mass is 641 g/mol. The van der Waals surface area contributed by atoms with Gasteiger partial charge in [-0.05, 0) is 42.7 Å². The van der Waals surface area contributed by atoms with Crippen molar-refractivity contribution in [3.8, 4) is 22.7 Å². The summed E-state index contributed by atoms with van der Waals surface area (Å²) >= 11 is 0. The number of amides is 1. The number of nitrogens with zero attached hydrogens (tertiary/aromatic N) is 5. The van der Waals surface area contributed by atoms with Crippen molar-refractivity contribution >= 4 is 32.6 Å². The number of halogens is 3. The van der Waals surface area contributed by atoms with Gasteiger partial charge in [0, 0.05) is 31.9 Å². The smallest absolute Gasteiger partial charge is 0.355 e. The van der Waals surface area contributed by atoms with Crippen LogP contribution in [-0.4, -0.2) is 70.8 Å². The lowest BCUT2D eigenvalue weighted by Crippen LogP contribution is -2.54. The Hall–Kier alpha value is -4.72. The first kappa shape index (κ1) is 31.7. The van der Waals surface area contributed by atoms with E-state index < -0.39 is 61.9 Å². The summed E-state index contributed by atoms with van der Waals surface area (Å²) < 4.78 is 71.4. The average molecular weight is 642 g/mol. The summed E-state index contributed by atoms with van der Waals surface area (Å²) in [6, 6.07) is 8.35. The van der Waals surface area contributed by atoms with Crippen LogP contribution in [0.15, 0.2) is 64.6 Å². The molecule has 2 aromatic heterocycles. The summed E-state index contributed by atoms with van der Waals surface area (Å²) in [6.45, 7) is 8.48. The van der Waals surface area contributed by atoms with Crippen molar-refractivity contribution in [2.24, 2.45) is 0 Å². The predicted molar refractivity (Wildman–Crippen MR) is 163 cm³/mol. The predicted octanol–water partition coefficient (Wildman–Crippen LogP) is 4.48. The number of carbonyl (C=O) groups is 1. The second-order valence-corrected chi connectivity index (χ2v) is 13.2. The summed E-state index contributed by atoms with van der Waals surface area (Å²) in [7, 11) is -3.94. The van der Waals surface area contributed by atoms with E-state index in [0.29, 0.717) is 5.56 Å². The Kier molecular flexibility index (Phi) is 8.21. The maximum atomic E-state index is 15.9. The van der Waals surface area contributed by atoms with E-state index in [9.17, 15) is 31.9 Å². The van der Waals surface area contributed by atoms with Gasteiger partial charge in [-0.3, -0.25) is 4.79 Å². The molecule has 14 heteroatoms. The average Bonchev–Trinajstić information content (AvgIpc) is 2.96. The van der Waals surface area contributed by atoms with Gasteiger partial charge < -0.3 is 14.9 Å². The number of piperazine rings is 1. The van der Waals surface area contributed by atoms with Gasteiger partial charge in [0.1, 0.15) is 23.1 Å². The van der Waals surface area contributed by atoms with Crippen molar-refractivity contribution in [2.75, 3.05) is 30.8 Å². The number of phenols is 1. The van der Waals surface area contributed by atoms with Crippen LogP contribution in [0.3, 0.4) is 0 Å². The third-order valence-electron chi connectivity index (χ3n) is 7.72. The largest absolute Gasteiger partial charge is 0.507 e. The standard InChI is InChI=1S/C31H30F3N5O5S/c1-16(2)19-8-6-11-24(45(5,43)44)27(19)39-29-20(14-22(34)26(35-29)25-21(33)9-7-10-23(25)40)28(36-31(39)42)38-13-12-37(15-17(38)3)30(41)18(4)32/h6-11,14,16-17,40H,4,12-13,15H2,1-3,5H3/t17-/m0/s1. The van der Waals surface area contributed by atoms with Crippen molar-refractivity contribution in [1.29, 1.82) is 0 Å². The number of anilines is 1. The molecular formula is C31H30F3N5O5S. The van der Waals surface area contributed by atoms with Gasteiger partial charge in [0.25, 0.3) is 5.91 Å². The lowest BCUT2D eigenvalue weighted by atomic mass is 10.0. The van der Waals surface area contributed by atoms with Gasteiger partial charge in [-0.15, -0.1) is 0 Å². The Bertz CT molecular complexity index is 2030. The molecule has 0 saturated carbocycles. The first-order chi connectivity index (χ1) is 21.1. The molecule has 1 aliphatic heterocycles. The molecule has 0 bridgehead atoms. The molecule has 0 aliphatic carbocycles. The van der Waals surface area contributed by atoms with E-state index in [-0.39, 0.29) is 53.0 Å². The molecule has 0 spiro atoms. The SMILES string of the molecule is C=C(F)C(=O)N1CCN(c2nc(=O)n(-c3c(C(C)C)cccc3S(C)(=O)=O)c3nc(-c4c(O)cccc4F)c(F)cc23)[C@@H](C)C1. The lowest BCUT2D eigenvalue weighted by molar-refractivity contribution is -0.129. The number of benzene rings is 2. The highest BCUT2D eigenvalue weighted by atomic mass is 32.2. The highest BCUT2D eigenvalue weighted by Gasteiger charge is 2.33. The van der Waals surface area contributed by atoms with Crippen LogP contribution in [0, 0.1) is 11.6 Å². The number of carbonyl (C=O) groups excluding carboxylic acids is 1. The third kappa shape index (κ3) is 5.65. The summed E-state index contributed by atoms with van der Waals surface area (Å²) in [5, 5.41) is 10.4. The zero-order chi connectivity index (χ0) is 33.0. The number of sulfone groups is 1. The number of rotatable bonds is 6. The van der Waals surface area contributed by atoms with Crippen molar-refractivity contribution in [1.82, 2.24) is 19.4 Å². The first-order valence-electron chi connectivity index (χ1n) is 14.0. The summed E-state index contributed by atoms with van der Waals surface area (Å²) in [4.78, 5) is 37.6. The topological polar surface area (TPSA) is 126 Å². The molecule has 1 amide bonds. The van der Waals surface area contributed by atoms with Gasteiger partial charge in [-0.1, -0.05) is 38.6 Å². The van der Waals surface area contributed by atoms with Gasteiger partial charge >= 0.3 is 5.69 Å². The minimum absolute atomic E-state index is 0.0220. The zero-order valence-corrected chi connectivity index (χ0v) is 25.7. The highest BCUT2D eigenvalue weighted by molar-refractivity contribution is 7.90. The molecule has 0 unspecified atom stereocenters. The number of phenolic OH excluding ortho intramolecular Hbond substituents is 1. The van der Waals surface area contributed by atoms with Crippen LogP contribution in [0.25, 0.3) is 28.0 Å². The molecule has 5 rings (SSSR count). The van der Waals surface area contributed by atoms with E-state index in [2.05, 4.69) is 16.5 Å². The molecule has 4 aromatic rings. The molecule has 2 aromatic carbocycles. The first-order valence-corrected chi connectivity index (χ1v) is 15.9. The molecule has 45 heavy (non-hydrogen) atoms. The fourth-order valence-corrected chi connectivity index (χ4v) is 6.51. The molecule has 1 fully saturated rings. The Balaban J connectivity index is 1.87. The molecule has 10 nitrogen and oxygen atoms in total. The fourth-order valence-electron chi connectivity index (χ4n) is 5.62. The summed E-state index contributed by atoms with van der Waals surface area (Å²) in [6.07, 6.45) is 0.982. The maximum Gasteiger partial charge on any atom is 0.355 e. The molecule has 3 heterocycles. The maximum absolute atomic E-state index is 15.9. The van der Waals surface area contributed by atoms with Crippen LogP contribution in [0.5, 0.6) is 5.75 Å². The second kappa shape index (κ2) is 11.7. The highest BCUT2D eigenvalue weighted by Crippen LogP contribution is 2.37. The molecule has 0 radical (unpaired) electrons. The summed E-state index contributed by atoms with van der Waals surface area (Å²) in [5.41, 5.74) is -1.97. The van der Waals surface area contributed by atoms with E-state index >= 15 is 4.39 Å². The number of aromatic nitrogens is 3. The van der Waals surface area contributed by atoms with E-state index in [1.54, 1.807) is 31.7 Å². The Morgan fingerprint density at radius 3 is 2.38 bits per heavy atom. The number of para-hydroxylation sites is 1. The van der Waals surface area contributed by atoms with E-state index in [1.807, 2.05) is 0 Å². The Morgan fingerprint density at radius 1 is 1.09 bits per heavy atom. The van der Waals surface area contributed by atoms with Gasteiger partial charge in [0.2, 0.25) is 0 Å².